The van der Waals surface area contributed by atoms with Gasteiger partial charge in [0.15, 0.2) is 11.6 Å². The van der Waals surface area contributed by atoms with Gasteiger partial charge in [0, 0.05) is 24.6 Å². The van der Waals surface area contributed by atoms with Gasteiger partial charge in [-0.2, -0.15) is 0 Å². The predicted molar refractivity (Wildman–Crippen MR) is 61.0 cm³/mol. The quantitative estimate of drug-likeness (QED) is 0.756. The summed E-state index contributed by atoms with van der Waals surface area (Å²) in [5.74, 6) is -2.53. The van der Waals surface area contributed by atoms with Crippen LogP contribution in [0.25, 0.3) is 0 Å². The molecule has 1 fully saturated rings. The van der Waals surface area contributed by atoms with Gasteiger partial charge in [-0.25, -0.2) is 8.78 Å². The first kappa shape index (κ1) is 12.7. The van der Waals surface area contributed by atoms with Crippen molar-refractivity contribution >= 4 is 12.2 Å². The smallest absolute Gasteiger partial charge is 0.253 e. The molecular formula is C13H13F2NO2. The van der Waals surface area contributed by atoms with Crippen LogP contribution in [0, 0.1) is 17.6 Å². The van der Waals surface area contributed by atoms with E-state index < -0.39 is 11.6 Å². The molecule has 0 spiro atoms. The highest BCUT2D eigenvalue weighted by Crippen LogP contribution is 2.18. The van der Waals surface area contributed by atoms with Crippen LogP contribution in [-0.4, -0.2) is 30.2 Å². The molecule has 1 unspecified atom stereocenters. The maximum Gasteiger partial charge on any atom is 0.253 e. The summed E-state index contributed by atoms with van der Waals surface area (Å²) < 4.78 is 25.8. The van der Waals surface area contributed by atoms with Crippen LogP contribution >= 0.6 is 0 Å². The molecule has 1 atom stereocenters. The Balaban J connectivity index is 2.15. The van der Waals surface area contributed by atoms with Crippen molar-refractivity contribution in [3.63, 3.8) is 0 Å². The molecule has 1 saturated heterocycles. The molecule has 18 heavy (non-hydrogen) atoms. The minimum atomic E-state index is -1.04. The molecule has 0 aromatic heterocycles. The zero-order chi connectivity index (χ0) is 13.1. The van der Waals surface area contributed by atoms with Gasteiger partial charge in [0.1, 0.15) is 6.29 Å². The monoisotopic (exact) mass is 253 g/mol. The number of hydrogen-bond acceptors (Lipinski definition) is 2. The molecule has 0 aliphatic carbocycles. The van der Waals surface area contributed by atoms with E-state index in [4.69, 9.17) is 0 Å². The molecule has 1 aromatic carbocycles. The molecule has 3 nitrogen and oxygen atoms in total. The van der Waals surface area contributed by atoms with Crippen molar-refractivity contribution in [2.45, 2.75) is 12.8 Å². The van der Waals surface area contributed by atoms with E-state index in [1.165, 1.54) is 11.0 Å². The maximum atomic E-state index is 13.0. The standard InChI is InChI=1S/C13H13F2NO2/c14-11-4-3-10(6-12(11)15)13(18)16-5-1-2-9(7-16)8-17/h3-4,6,8-9H,1-2,5,7H2. The van der Waals surface area contributed by atoms with Crippen molar-refractivity contribution in [2.24, 2.45) is 5.92 Å². The van der Waals surface area contributed by atoms with Crippen LogP contribution in [0.5, 0.6) is 0 Å². The number of nitrogens with zero attached hydrogens (tertiary/aromatic N) is 1. The second kappa shape index (κ2) is 5.25. The summed E-state index contributed by atoms with van der Waals surface area (Å²) in [4.78, 5) is 24.3. The Morgan fingerprint density at radius 3 is 2.78 bits per heavy atom. The molecule has 0 N–H and O–H groups in total. The van der Waals surface area contributed by atoms with E-state index in [-0.39, 0.29) is 17.4 Å². The third-order valence-electron chi connectivity index (χ3n) is 3.10. The molecule has 0 saturated carbocycles. The number of amides is 1. The summed E-state index contributed by atoms with van der Waals surface area (Å²) in [5, 5.41) is 0. The van der Waals surface area contributed by atoms with Gasteiger partial charge in [-0.3, -0.25) is 4.79 Å². The van der Waals surface area contributed by atoms with E-state index in [2.05, 4.69) is 0 Å². The number of hydrogen-bond donors (Lipinski definition) is 0. The number of halogens is 2. The SMILES string of the molecule is O=CC1CCCN(C(=O)c2ccc(F)c(F)c2)C1. The molecular weight excluding hydrogens is 240 g/mol. The largest absolute Gasteiger partial charge is 0.338 e. The first-order valence-corrected chi connectivity index (χ1v) is 5.81. The third kappa shape index (κ3) is 2.55. The van der Waals surface area contributed by atoms with Crippen molar-refractivity contribution < 1.29 is 18.4 Å². The number of piperidine rings is 1. The summed E-state index contributed by atoms with van der Waals surface area (Å²) in [5.41, 5.74) is 0.112. The second-order valence-corrected chi connectivity index (χ2v) is 4.42. The topological polar surface area (TPSA) is 37.4 Å². The Bertz CT molecular complexity index is 476. The van der Waals surface area contributed by atoms with Crippen LogP contribution in [0.2, 0.25) is 0 Å². The lowest BCUT2D eigenvalue weighted by atomic mass is 9.99. The van der Waals surface area contributed by atoms with Crippen LogP contribution in [0.4, 0.5) is 8.78 Å². The lowest BCUT2D eigenvalue weighted by molar-refractivity contribution is -0.112. The highest BCUT2D eigenvalue weighted by atomic mass is 19.2. The lowest BCUT2D eigenvalue weighted by Gasteiger charge is -2.30. The highest BCUT2D eigenvalue weighted by molar-refractivity contribution is 5.94. The molecule has 1 aromatic rings. The van der Waals surface area contributed by atoms with Gasteiger partial charge in [0.2, 0.25) is 0 Å². The zero-order valence-electron chi connectivity index (χ0n) is 9.73. The molecule has 1 aliphatic rings. The highest BCUT2D eigenvalue weighted by Gasteiger charge is 2.24. The van der Waals surface area contributed by atoms with Gasteiger partial charge >= 0.3 is 0 Å². The Morgan fingerprint density at radius 1 is 1.33 bits per heavy atom. The van der Waals surface area contributed by atoms with Gasteiger partial charge in [0.05, 0.1) is 0 Å². The van der Waals surface area contributed by atoms with Crippen LogP contribution in [-0.2, 0) is 4.79 Å². The average Bonchev–Trinajstić information content (AvgIpc) is 2.41. The number of carbonyl (C=O) groups is 2. The minimum Gasteiger partial charge on any atom is -0.338 e. The molecule has 0 bridgehead atoms. The fourth-order valence-electron chi connectivity index (χ4n) is 2.12. The van der Waals surface area contributed by atoms with Crippen LogP contribution in [0.3, 0.4) is 0 Å². The predicted octanol–water partition coefficient (Wildman–Crippen LogP) is 2.02. The summed E-state index contributed by atoms with van der Waals surface area (Å²) in [6, 6.07) is 3.08. The maximum absolute atomic E-state index is 13.0. The van der Waals surface area contributed by atoms with E-state index >= 15 is 0 Å². The summed E-state index contributed by atoms with van der Waals surface area (Å²) >= 11 is 0. The Hall–Kier alpha value is -1.78. The molecule has 1 heterocycles. The van der Waals surface area contributed by atoms with Gasteiger partial charge in [-0.1, -0.05) is 0 Å². The Labute approximate surface area is 103 Å². The van der Waals surface area contributed by atoms with Gasteiger partial charge in [-0.15, -0.1) is 0 Å². The normalized spacial score (nSPS) is 19.7. The molecule has 1 amide bonds. The molecule has 96 valence electrons. The van der Waals surface area contributed by atoms with E-state index in [9.17, 15) is 18.4 Å². The van der Waals surface area contributed by atoms with Crippen molar-refractivity contribution in [3.05, 3.63) is 35.4 Å². The Kier molecular flexibility index (Phi) is 3.69. The summed E-state index contributed by atoms with van der Waals surface area (Å²) in [6.45, 7) is 0.892. The van der Waals surface area contributed by atoms with Crippen molar-refractivity contribution in [3.8, 4) is 0 Å². The zero-order valence-corrected chi connectivity index (χ0v) is 9.73. The van der Waals surface area contributed by atoms with Crippen molar-refractivity contribution in [2.75, 3.05) is 13.1 Å². The van der Waals surface area contributed by atoms with E-state index in [1.807, 2.05) is 0 Å². The lowest BCUT2D eigenvalue weighted by Crippen LogP contribution is -2.40. The number of aldehydes is 1. The fraction of sp³-hybridized carbons (Fsp3) is 0.385. The van der Waals surface area contributed by atoms with Crippen LogP contribution < -0.4 is 0 Å². The first-order valence-electron chi connectivity index (χ1n) is 5.81. The molecule has 0 radical (unpaired) electrons. The Morgan fingerprint density at radius 2 is 2.11 bits per heavy atom. The summed E-state index contributed by atoms with van der Waals surface area (Å²) in [6.07, 6.45) is 2.36. The van der Waals surface area contributed by atoms with Crippen LogP contribution in [0.15, 0.2) is 18.2 Å². The fourth-order valence-corrected chi connectivity index (χ4v) is 2.12. The second-order valence-electron chi connectivity index (χ2n) is 4.42. The van der Waals surface area contributed by atoms with Crippen molar-refractivity contribution in [1.82, 2.24) is 4.90 Å². The first-order chi connectivity index (χ1) is 8.61. The third-order valence-corrected chi connectivity index (χ3v) is 3.10. The van der Waals surface area contributed by atoms with Crippen molar-refractivity contribution in [1.29, 1.82) is 0 Å². The van der Waals surface area contributed by atoms with E-state index in [0.29, 0.717) is 13.1 Å². The average molecular weight is 253 g/mol. The number of rotatable bonds is 2. The van der Waals surface area contributed by atoms with Gasteiger partial charge in [0.25, 0.3) is 5.91 Å². The molecule has 2 rings (SSSR count). The number of benzene rings is 1. The van der Waals surface area contributed by atoms with Gasteiger partial charge in [-0.05, 0) is 31.0 Å². The van der Waals surface area contributed by atoms with E-state index in [0.717, 1.165) is 31.3 Å². The molecule has 1 aliphatic heterocycles. The summed E-state index contributed by atoms with van der Waals surface area (Å²) in [7, 11) is 0. The minimum absolute atomic E-state index is 0.112. The number of carbonyl (C=O) groups excluding carboxylic acids is 2. The van der Waals surface area contributed by atoms with Crippen LogP contribution in [0.1, 0.15) is 23.2 Å². The number of likely N-dealkylation sites (tertiary alicyclic amines) is 1. The van der Waals surface area contributed by atoms with Gasteiger partial charge < -0.3 is 9.69 Å². The molecule has 5 heteroatoms. The van der Waals surface area contributed by atoms with E-state index in [1.54, 1.807) is 0 Å².